The van der Waals surface area contributed by atoms with E-state index < -0.39 is 28.5 Å². The predicted molar refractivity (Wildman–Crippen MR) is 159 cm³/mol. The highest BCUT2D eigenvalue weighted by Gasteiger charge is 2.33. The summed E-state index contributed by atoms with van der Waals surface area (Å²) in [6, 6.07) is 24.7. The fourth-order valence-electron chi connectivity index (χ4n) is 4.29. The van der Waals surface area contributed by atoms with E-state index in [-0.39, 0.29) is 30.5 Å². The van der Waals surface area contributed by atoms with Crippen LogP contribution >= 0.6 is 0 Å². The number of anilines is 1. The zero-order valence-electron chi connectivity index (χ0n) is 23.6. The van der Waals surface area contributed by atoms with Gasteiger partial charge in [0.1, 0.15) is 18.3 Å². The van der Waals surface area contributed by atoms with Gasteiger partial charge in [0.2, 0.25) is 21.8 Å². The van der Waals surface area contributed by atoms with E-state index in [0.717, 1.165) is 21.7 Å². The van der Waals surface area contributed by atoms with Crippen LogP contribution in [-0.4, -0.2) is 57.1 Å². The molecule has 9 heteroatoms. The van der Waals surface area contributed by atoms with Gasteiger partial charge in [0.05, 0.1) is 18.6 Å². The SMILES string of the molecule is CCOc1ccccc1N(CC(=O)N(Cc1ccccc1)C(Cc1ccccc1)C(=O)NCC(C)C)S(C)(=O)=O. The Labute approximate surface area is 238 Å². The Morgan fingerprint density at radius 3 is 2.02 bits per heavy atom. The van der Waals surface area contributed by atoms with Crippen molar-refractivity contribution in [3.8, 4) is 5.75 Å². The topological polar surface area (TPSA) is 96.0 Å². The standard InChI is InChI=1S/C31H39N3O5S/c1-5-39-29-19-13-12-18-27(29)34(40(4,37)38)23-30(35)33(22-26-16-10-7-11-17-26)28(31(36)32-21-24(2)3)20-25-14-8-6-9-15-25/h6-19,24,28H,5,20-23H2,1-4H3,(H,32,36). The lowest BCUT2D eigenvalue weighted by atomic mass is 10.0. The summed E-state index contributed by atoms with van der Waals surface area (Å²) in [5.74, 6) is -0.215. The third kappa shape index (κ3) is 8.84. The second-order valence-electron chi connectivity index (χ2n) is 10.0. The van der Waals surface area contributed by atoms with Crippen molar-refractivity contribution >= 4 is 27.5 Å². The number of hydrogen-bond donors (Lipinski definition) is 1. The van der Waals surface area contributed by atoms with Gasteiger partial charge in [-0.05, 0) is 36.1 Å². The van der Waals surface area contributed by atoms with Crippen LogP contribution in [0.4, 0.5) is 5.69 Å². The second-order valence-corrected chi connectivity index (χ2v) is 11.9. The molecule has 0 aromatic heterocycles. The molecule has 3 aromatic carbocycles. The average molecular weight is 566 g/mol. The lowest BCUT2D eigenvalue weighted by molar-refractivity contribution is -0.140. The molecule has 40 heavy (non-hydrogen) atoms. The Bertz CT molecular complexity index is 1350. The van der Waals surface area contributed by atoms with Gasteiger partial charge in [-0.3, -0.25) is 13.9 Å². The van der Waals surface area contributed by atoms with Crippen LogP contribution in [-0.2, 0) is 32.6 Å². The number of nitrogens with one attached hydrogen (secondary N) is 1. The number of rotatable bonds is 14. The summed E-state index contributed by atoms with van der Waals surface area (Å²) in [7, 11) is -3.88. The number of ether oxygens (including phenoxy) is 1. The van der Waals surface area contributed by atoms with Crippen LogP contribution < -0.4 is 14.4 Å². The molecule has 0 spiro atoms. The fraction of sp³-hybridized carbons (Fsp3) is 0.355. The van der Waals surface area contributed by atoms with E-state index in [0.29, 0.717) is 18.9 Å². The van der Waals surface area contributed by atoms with Gasteiger partial charge in [0.25, 0.3) is 0 Å². The van der Waals surface area contributed by atoms with Crippen molar-refractivity contribution < 1.29 is 22.7 Å². The smallest absolute Gasteiger partial charge is 0.244 e. The van der Waals surface area contributed by atoms with E-state index in [4.69, 9.17) is 4.74 Å². The summed E-state index contributed by atoms with van der Waals surface area (Å²) in [5.41, 5.74) is 1.98. The Morgan fingerprint density at radius 2 is 1.45 bits per heavy atom. The Kier molecular flexibility index (Phi) is 11.1. The molecule has 3 rings (SSSR count). The summed E-state index contributed by atoms with van der Waals surface area (Å²) >= 11 is 0. The predicted octanol–water partition coefficient (Wildman–Crippen LogP) is 4.26. The van der Waals surface area contributed by atoms with Crippen molar-refractivity contribution in [2.24, 2.45) is 5.92 Å². The van der Waals surface area contributed by atoms with Gasteiger partial charge < -0.3 is 15.0 Å². The number of para-hydroxylation sites is 2. The number of carbonyl (C=O) groups is 2. The van der Waals surface area contributed by atoms with Crippen LogP contribution in [0, 0.1) is 5.92 Å². The minimum Gasteiger partial charge on any atom is -0.492 e. The molecule has 1 N–H and O–H groups in total. The first kappa shape index (κ1) is 30.7. The van der Waals surface area contributed by atoms with Crippen molar-refractivity contribution in [3.05, 3.63) is 96.1 Å². The monoisotopic (exact) mass is 565 g/mol. The maximum absolute atomic E-state index is 14.1. The first-order valence-corrected chi connectivity index (χ1v) is 15.3. The van der Waals surface area contributed by atoms with E-state index in [1.807, 2.05) is 74.5 Å². The van der Waals surface area contributed by atoms with Crippen molar-refractivity contribution in [1.82, 2.24) is 10.2 Å². The van der Waals surface area contributed by atoms with Gasteiger partial charge in [0, 0.05) is 19.5 Å². The molecule has 0 heterocycles. The van der Waals surface area contributed by atoms with E-state index in [2.05, 4.69) is 5.32 Å². The molecular weight excluding hydrogens is 526 g/mol. The van der Waals surface area contributed by atoms with E-state index in [9.17, 15) is 18.0 Å². The van der Waals surface area contributed by atoms with Gasteiger partial charge in [-0.1, -0.05) is 86.6 Å². The molecule has 0 bridgehead atoms. The van der Waals surface area contributed by atoms with Gasteiger partial charge in [-0.2, -0.15) is 0 Å². The number of nitrogens with zero attached hydrogens (tertiary/aromatic N) is 2. The number of amides is 2. The number of hydrogen-bond acceptors (Lipinski definition) is 5. The molecule has 8 nitrogen and oxygen atoms in total. The highest BCUT2D eigenvalue weighted by atomic mass is 32.2. The van der Waals surface area contributed by atoms with Crippen LogP contribution in [0.1, 0.15) is 31.9 Å². The van der Waals surface area contributed by atoms with E-state index in [1.54, 1.807) is 31.2 Å². The maximum atomic E-state index is 14.1. The summed E-state index contributed by atoms with van der Waals surface area (Å²) in [6.07, 6.45) is 1.33. The summed E-state index contributed by atoms with van der Waals surface area (Å²) in [6.45, 7) is 6.23. The summed E-state index contributed by atoms with van der Waals surface area (Å²) in [5, 5.41) is 2.98. The highest BCUT2D eigenvalue weighted by molar-refractivity contribution is 7.92. The van der Waals surface area contributed by atoms with Gasteiger partial charge >= 0.3 is 0 Å². The van der Waals surface area contributed by atoms with Crippen molar-refractivity contribution in [2.75, 3.05) is 30.3 Å². The van der Waals surface area contributed by atoms with Crippen molar-refractivity contribution in [1.29, 1.82) is 0 Å². The molecule has 0 radical (unpaired) electrons. The molecule has 2 amide bonds. The molecular formula is C31H39N3O5S. The minimum absolute atomic E-state index is 0.136. The lowest BCUT2D eigenvalue weighted by Crippen LogP contribution is -2.53. The fourth-order valence-corrected chi connectivity index (χ4v) is 5.15. The second kappa shape index (κ2) is 14.5. The maximum Gasteiger partial charge on any atom is 0.244 e. The Balaban J connectivity index is 2.05. The zero-order chi connectivity index (χ0) is 29.1. The third-order valence-electron chi connectivity index (χ3n) is 6.26. The molecule has 0 saturated carbocycles. The number of benzene rings is 3. The quantitative estimate of drug-likeness (QED) is 0.315. The molecule has 1 atom stereocenters. The third-order valence-corrected chi connectivity index (χ3v) is 7.39. The Morgan fingerprint density at radius 1 is 0.875 bits per heavy atom. The normalized spacial score (nSPS) is 12.0. The summed E-state index contributed by atoms with van der Waals surface area (Å²) < 4.78 is 32.7. The van der Waals surface area contributed by atoms with Crippen molar-refractivity contribution in [3.63, 3.8) is 0 Å². The molecule has 0 fully saturated rings. The molecule has 0 aliphatic rings. The largest absolute Gasteiger partial charge is 0.492 e. The average Bonchev–Trinajstić information content (AvgIpc) is 2.93. The molecule has 214 valence electrons. The molecule has 0 aliphatic carbocycles. The van der Waals surface area contributed by atoms with Crippen LogP contribution in [0.2, 0.25) is 0 Å². The number of carbonyl (C=O) groups excluding carboxylic acids is 2. The zero-order valence-corrected chi connectivity index (χ0v) is 24.4. The molecule has 1 unspecified atom stereocenters. The van der Waals surface area contributed by atoms with Crippen LogP contribution in [0.3, 0.4) is 0 Å². The molecule has 0 saturated heterocycles. The summed E-state index contributed by atoms with van der Waals surface area (Å²) in [4.78, 5) is 29.2. The van der Waals surface area contributed by atoms with Crippen LogP contribution in [0.15, 0.2) is 84.9 Å². The minimum atomic E-state index is -3.88. The van der Waals surface area contributed by atoms with Crippen LogP contribution in [0.25, 0.3) is 0 Å². The highest BCUT2D eigenvalue weighted by Crippen LogP contribution is 2.30. The molecule has 0 aliphatic heterocycles. The van der Waals surface area contributed by atoms with Gasteiger partial charge in [-0.15, -0.1) is 0 Å². The molecule has 3 aromatic rings. The van der Waals surface area contributed by atoms with Crippen LogP contribution in [0.5, 0.6) is 5.75 Å². The van der Waals surface area contributed by atoms with Crippen molar-refractivity contribution in [2.45, 2.75) is 39.8 Å². The lowest BCUT2D eigenvalue weighted by Gasteiger charge is -2.34. The Hall–Kier alpha value is -3.85. The first-order valence-electron chi connectivity index (χ1n) is 13.4. The van der Waals surface area contributed by atoms with E-state index in [1.165, 1.54) is 4.90 Å². The van der Waals surface area contributed by atoms with Gasteiger partial charge in [0.15, 0.2) is 0 Å². The van der Waals surface area contributed by atoms with Gasteiger partial charge in [-0.25, -0.2) is 8.42 Å². The first-order chi connectivity index (χ1) is 19.1. The number of sulfonamides is 1. The van der Waals surface area contributed by atoms with E-state index >= 15 is 0 Å².